The van der Waals surface area contributed by atoms with E-state index in [1.54, 1.807) is 19.1 Å². The third kappa shape index (κ3) is 3.52. The Morgan fingerprint density at radius 1 is 1.14 bits per heavy atom. The van der Waals surface area contributed by atoms with Crippen molar-refractivity contribution >= 4 is 44.9 Å². The summed E-state index contributed by atoms with van der Waals surface area (Å²) in [5, 5.41) is 9.35. The fourth-order valence-electron chi connectivity index (χ4n) is 1.74. The van der Waals surface area contributed by atoms with Crippen LogP contribution in [-0.4, -0.2) is 19.5 Å². The number of sulfonamides is 1. The van der Waals surface area contributed by atoms with E-state index in [2.05, 4.69) is 4.72 Å². The molecule has 116 valence electrons. The van der Waals surface area contributed by atoms with Gasteiger partial charge in [-0.3, -0.25) is 4.72 Å². The van der Waals surface area contributed by atoms with Crippen LogP contribution in [0.4, 0.5) is 5.69 Å². The van der Waals surface area contributed by atoms with Gasteiger partial charge in [-0.25, -0.2) is 13.2 Å². The summed E-state index contributed by atoms with van der Waals surface area (Å²) < 4.78 is 27.1. The van der Waals surface area contributed by atoms with Gasteiger partial charge in [0.2, 0.25) is 0 Å². The number of nitrogens with one attached hydrogen (secondary N) is 1. The van der Waals surface area contributed by atoms with Crippen LogP contribution in [0.1, 0.15) is 15.9 Å². The van der Waals surface area contributed by atoms with E-state index in [4.69, 9.17) is 28.3 Å². The molecule has 5 nitrogen and oxygen atoms in total. The van der Waals surface area contributed by atoms with Crippen LogP contribution in [-0.2, 0) is 10.0 Å². The quantitative estimate of drug-likeness (QED) is 0.869. The molecule has 0 aliphatic rings. The van der Waals surface area contributed by atoms with Crippen LogP contribution in [0.5, 0.6) is 0 Å². The Balaban J connectivity index is 2.45. The molecule has 0 aromatic heterocycles. The Kier molecular flexibility index (Phi) is 4.65. The second kappa shape index (κ2) is 6.16. The van der Waals surface area contributed by atoms with E-state index in [1.807, 2.05) is 0 Å². The van der Waals surface area contributed by atoms with Crippen molar-refractivity contribution in [3.63, 3.8) is 0 Å². The lowest BCUT2D eigenvalue weighted by Gasteiger charge is -2.11. The highest BCUT2D eigenvalue weighted by Gasteiger charge is 2.19. The number of anilines is 1. The van der Waals surface area contributed by atoms with Gasteiger partial charge < -0.3 is 5.11 Å². The summed E-state index contributed by atoms with van der Waals surface area (Å²) in [7, 11) is -3.96. The third-order valence-corrected chi connectivity index (χ3v) is 4.85. The number of halogens is 2. The van der Waals surface area contributed by atoms with Crippen LogP contribution < -0.4 is 4.72 Å². The Hall–Kier alpha value is -1.76. The summed E-state index contributed by atoms with van der Waals surface area (Å²) in [5.41, 5.74) is 0.715. The average Bonchev–Trinajstić information content (AvgIpc) is 2.42. The third-order valence-electron chi connectivity index (χ3n) is 2.92. The van der Waals surface area contributed by atoms with Crippen molar-refractivity contribution in [2.75, 3.05) is 4.72 Å². The lowest BCUT2D eigenvalue weighted by atomic mass is 10.2. The summed E-state index contributed by atoms with van der Waals surface area (Å²) in [6, 6.07) is 8.25. The highest BCUT2D eigenvalue weighted by atomic mass is 35.5. The van der Waals surface area contributed by atoms with Crippen molar-refractivity contribution in [3.05, 3.63) is 57.6 Å². The minimum atomic E-state index is -3.96. The topological polar surface area (TPSA) is 83.5 Å². The van der Waals surface area contributed by atoms with Gasteiger partial charge in [0, 0.05) is 5.02 Å². The standard InChI is InChI=1S/C14H11Cl2NO4S/c1-8-2-3-9(15)6-13(8)17-22(20,21)10-4-5-12(16)11(7-10)14(18)19/h2-7,17H,1H3,(H,18,19). The van der Waals surface area contributed by atoms with E-state index in [-0.39, 0.29) is 15.5 Å². The normalized spacial score (nSPS) is 11.2. The number of carboxylic acid groups (broad SMARTS) is 1. The number of rotatable bonds is 4. The predicted molar refractivity (Wildman–Crippen MR) is 85.4 cm³/mol. The lowest BCUT2D eigenvalue weighted by Crippen LogP contribution is -2.14. The summed E-state index contributed by atoms with van der Waals surface area (Å²) in [5.74, 6) is -1.30. The van der Waals surface area contributed by atoms with Crippen molar-refractivity contribution in [2.24, 2.45) is 0 Å². The molecule has 2 aromatic rings. The summed E-state index contributed by atoms with van der Waals surface area (Å²) in [4.78, 5) is 10.8. The Morgan fingerprint density at radius 3 is 2.45 bits per heavy atom. The van der Waals surface area contributed by atoms with Gasteiger partial charge in [-0.05, 0) is 42.8 Å². The van der Waals surface area contributed by atoms with E-state index < -0.39 is 16.0 Å². The van der Waals surface area contributed by atoms with Gasteiger partial charge in [0.25, 0.3) is 10.0 Å². The molecule has 0 amide bonds. The molecule has 0 heterocycles. The molecule has 0 radical (unpaired) electrons. The monoisotopic (exact) mass is 359 g/mol. The molecule has 0 fully saturated rings. The molecular weight excluding hydrogens is 349 g/mol. The van der Waals surface area contributed by atoms with Crippen molar-refractivity contribution < 1.29 is 18.3 Å². The number of aromatic carboxylic acids is 1. The summed E-state index contributed by atoms with van der Waals surface area (Å²) in [6.07, 6.45) is 0. The van der Waals surface area contributed by atoms with E-state index >= 15 is 0 Å². The van der Waals surface area contributed by atoms with Crippen LogP contribution in [0.3, 0.4) is 0 Å². The number of hydrogen-bond acceptors (Lipinski definition) is 3. The summed E-state index contributed by atoms with van der Waals surface area (Å²) in [6.45, 7) is 1.72. The van der Waals surface area contributed by atoms with Crippen LogP contribution in [0.25, 0.3) is 0 Å². The molecule has 8 heteroatoms. The number of carbonyl (C=O) groups is 1. The van der Waals surface area contributed by atoms with Crippen molar-refractivity contribution in [2.45, 2.75) is 11.8 Å². The van der Waals surface area contributed by atoms with E-state index in [1.165, 1.54) is 18.2 Å². The van der Waals surface area contributed by atoms with Crippen molar-refractivity contribution in [1.29, 1.82) is 0 Å². The first-order valence-corrected chi connectivity index (χ1v) is 8.26. The molecule has 0 saturated heterocycles. The molecule has 0 atom stereocenters. The Bertz CT molecular complexity index is 850. The van der Waals surface area contributed by atoms with Gasteiger partial charge in [0.1, 0.15) is 0 Å². The fourth-order valence-corrected chi connectivity index (χ4v) is 3.26. The zero-order chi connectivity index (χ0) is 16.5. The minimum Gasteiger partial charge on any atom is -0.478 e. The molecule has 0 saturated carbocycles. The van der Waals surface area contributed by atoms with Gasteiger partial charge in [0.05, 0.1) is 21.2 Å². The first-order chi connectivity index (χ1) is 10.2. The first-order valence-electron chi connectivity index (χ1n) is 6.02. The fraction of sp³-hybridized carbons (Fsp3) is 0.0714. The molecule has 2 N–H and O–H groups in total. The summed E-state index contributed by atoms with van der Waals surface area (Å²) >= 11 is 11.6. The van der Waals surface area contributed by atoms with Gasteiger partial charge in [0.15, 0.2) is 0 Å². The zero-order valence-electron chi connectivity index (χ0n) is 11.3. The second-order valence-electron chi connectivity index (χ2n) is 4.51. The highest BCUT2D eigenvalue weighted by Crippen LogP contribution is 2.25. The van der Waals surface area contributed by atoms with E-state index in [0.717, 1.165) is 6.07 Å². The Labute approximate surface area is 137 Å². The second-order valence-corrected chi connectivity index (χ2v) is 7.04. The largest absolute Gasteiger partial charge is 0.478 e. The van der Waals surface area contributed by atoms with Crippen LogP contribution in [0, 0.1) is 6.92 Å². The molecule has 0 spiro atoms. The highest BCUT2D eigenvalue weighted by molar-refractivity contribution is 7.92. The van der Waals surface area contributed by atoms with Gasteiger partial charge in [-0.1, -0.05) is 29.3 Å². The molecule has 2 aromatic carbocycles. The van der Waals surface area contributed by atoms with Crippen LogP contribution in [0.15, 0.2) is 41.3 Å². The predicted octanol–water partition coefficient (Wildman–Crippen LogP) is 3.80. The van der Waals surface area contributed by atoms with Gasteiger partial charge >= 0.3 is 5.97 Å². The number of hydrogen-bond donors (Lipinski definition) is 2. The molecule has 0 unspecified atom stereocenters. The van der Waals surface area contributed by atoms with Crippen molar-refractivity contribution in [3.8, 4) is 0 Å². The maximum absolute atomic E-state index is 12.4. The van der Waals surface area contributed by atoms with Gasteiger partial charge in [-0.2, -0.15) is 0 Å². The zero-order valence-corrected chi connectivity index (χ0v) is 13.6. The van der Waals surface area contributed by atoms with Gasteiger partial charge in [-0.15, -0.1) is 0 Å². The smallest absolute Gasteiger partial charge is 0.337 e. The maximum atomic E-state index is 12.4. The maximum Gasteiger partial charge on any atom is 0.337 e. The molecule has 0 aliphatic heterocycles. The lowest BCUT2D eigenvalue weighted by molar-refractivity contribution is 0.0697. The van der Waals surface area contributed by atoms with E-state index in [9.17, 15) is 13.2 Å². The molecule has 0 bridgehead atoms. The minimum absolute atomic E-state index is 0.0367. The first kappa shape index (κ1) is 16.6. The number of benzene rings is 2. The van der Waals surface area contributed by atoms with E-state index in [0.29, 0.717) is 16.3 Å². The molecule has 2 rings (SSSR count). The Morgan fingerprint density at radius 2 is 1.82 bits per heavy atom. The molecule has 22 heavy (non-hydrogen) atoms. The number of aryl methyl sites for hydroxylation is 1. The van der Waals surface area contributed by atoms with Crippen LogP contribution >= 0.6 is 23.2 Å². The molecule has 0 aliphatic carbocycles. The van der Waals surface area contributed by atoms with Crippen molar-refractivity contribution in [1.82, 2.24) is 0 Å². The number of carboxylic acids is 1. The molecular formula is C14H11Cl2NO4S. The van der Waals surface area contributed by atoms with Crippen LogP contribution in [0.2, 0.25) is 10.0 Å². The SMILES string of the molecule is Cc1ccc(Cl)cc1NS(=O)(=O)c1ccc(Cl)c(C(=O)O)c1. The average molecular weight is 360 g/mol.